The third-order valence-corrected chi connectivity index (χ3v) is 2.51. The van der Waals surface area contributed by atoms with Crippen LogP contribution in [0.15, 0.2) is 6.07 Å². The van der Waals surface area contributed by atoms with Crippen molar-refractivity contribution in [2.75, 3.05) is 0 Å². The van der Waals surface area contributed by atoms with Crippen LogP contribution >= 0.6 is 22.6 Å². The fourth-order valence-corrected chi connectivity index (χ4v) is 1.58. The minimum Gasteiger partial charge on any atom is -0.296 e. The van der Waals surface area contributed by atoms with Crippen LogP contribution < -0.4 is 0 Å². The molecule has 88 valence electrons. The van der Waals surface area contributed by atoms with E-state index in [1.807, 2.05) is 0 Å². The lowest BCUT2D eigenvalue weighted by atomic mass is 10.1. The molecule has 0 bridgehead atoms. The summed E-state index contributed by atoms with van der Waals surface area (Å²) < 4.78 is 61.7. The molecule has 0 radical (unpaired) electrons. The Hall–Kier alpha value is -0.800. The van der Waals surface area contributed by atoms with E-state index in [0.717, 1.165) is 0 Å². The minimum atomic E-state index is -5.01. The van der Waals surface area contributed by atoms with Gasteiger partial charge in [-0.2, -0.15) is 13.2 Å². The number of aromatic nitrogens is 1. The summed E-state index contributed by atoms with van der Waals surface area (Å²) in [6, 6.07) is 0.616. The lowest BCUT2D eigenvalue weighted by molar-refractivity contribution is -0.143. The molecule has 1 aromatic heterocycles. The van der Waals surface area contributed by atoms with Crippen LogP contribution in [0.3, 0.4) is 0 Å². The van der Waals surface area contributed by atoms with Crippen LogP contribution in [0, 0.1) is 3.57 Å². The zero-order valence-electron chi connectivity index (χ0n) is 7.36. The van der Waals surface area contributed by atoms with Crippen molar-refractivity contribution in [3.63, 3.8) is 0 Å². The molecule has 0 atom stereocenters. The van der Waals surface area contributed by atoms with Gasteiger partial charge in [0.2, 0.25) is 0 Å². The molecule has 0 aromatic carbocycles. The Morgan fingerprint density at radius 2 is 1.94 bits per heavy atom. The fourth-order valence-electron chi connectivity index (χ4n) is 0.993. The molecule has 0 fully saturated rings. The molecule has 2 nitrogen and oxygen atoms in total. The van der Waals surface area contributed by atoms with Crippen LogP contribution in [0.5, 0.6) is 0 Å². The minimum absolute atomic E-state index is 0.0455. The predicted molar refractivity (Wildman–Crippen MR) is 52.3 cm³/mol. The van der Waals surface area contributed by atoms with Gasteiger partial charge in [-0.1, -0.05) is 0 Å². The molecule has 0 unspecified atom stereocenters. The second kappa shape index (κ2) is 4.60. The average molecular weight is 351 g/mol. The van der Waals surface area contributed by atoms with Gasteiger partial charge in [0.1, 0.15) is 5.69 Å². The van der Waals surface area contributed by atoms with Crippen LogP contribution in [0.1, 0.15) is 28.2 Å². The SMILES string of the molecule is O=Cc1nc(C(F)(F)F)c(C(F)F)cc1I. The average Bonchev–Trinajstić information content (AvgIpc) is 2.15. The van der Waals surface area contributed by atoms with E-state index >= 15 is 0 Å². The van der Waals surface area contributed by atoms with Gasteiger partial charge in [0.25, 0.3) is 6.43 Å². The van der Waals surface area contributed by atoms with Crippen molar-refractivity contribution in [3.8, 4) is 0 Å². The number of rotatable bonds is 2. The summed E-state index contributed by atoms with van der Waals surface area (Å²) in [7, 11) is 0. The first-order chi connectivity index (χ1) is 7.27. The van der Waals surface area contributed by atoms with E-state index < -0.39 is 29.6 Å². The molecule has 0 saturated heterocycles. The summed E-state index contributed by atoms with van der Waals surface area (Å²) in [5.41, 5.74) is -3.44. The van der Waals surface area contributed by atoms with E-state index in [1.54, 1.807) is 0 Å². The van der Waals surface area contributed by atoms with Gasteiger partial charge < -0.3 is 0 Å². The van der Waals surface area contributed by atoms with Crippen LogP contribution in [0.2, 0.25) is 0 Å². The molecular formula is C8H3F5INO. The van der Waals surface area contributed by atoms with Crippen LogP contribution in [0.25, 0.3) is 0 Å². The fraction of sp³-hybridized carbons (Fsp3) is 0.250. The van der Waals surface area contributed by atoms with Gasteiger partial charge >= 0.3 is 6.18 Å². The second-order valence-corrected chi connectivity index (χ2v) is 3.87. The summed E-state index contributed by atoms with van der Waals surface area (Å²) >= 11 is 1.47. The van der Waals surface area contributed by atoms with Crippen molar-refractivity contribution in [1.82, 2.24) is 4.98 Å². The topological polar surface area (TPSA) is 30.0 Å². The molecule has 0 aliphatic rings. The Bertz CT molecular complexity index is 418. The summed E-state index contributed by atoms with van der Waals surface area (Å²) in [6.07, 6.45) is -8.21. The van der Waals surface area contributed by atoms with Gasteiger partial charge in [-0.15, -0.1) is 0 Å². The molecular weight excluding hydrogens is 348 g/mol. The highest BCUT2D eigenvalue weighted by Crippen LogP contribution is 2.35. The van der Waals surface area contributed by atoms with Crippen LogP contribution in [-0.2, 0) is 6.18 Å². The van der Waals surface area contributed by atoms with Gasteiger partial charge in [0.05, 0.1) is 0 Å². The standard InChI is InChI=1S/C8H3F5INO/c9-7(10)3-1-4(14)5(2-16)15-6(3)8(11,12)13/h1-2,7H. The third-order valence-electron chi connectivity index (χ3n) is 1.65. The molecule has 0 saturated carbocycles. The second-order valence-electron chi connectivity index (χ2n) is 2.71. The van der Waals surface area contributed by atoms with Crippen LogP contribution in [0.4, 0.5) is 22.0 Å². The molecule has 16 heavy (non-hydrogen) atoms. The van der Waals surface area contributed by atoms with Gasteiger partial charge in [-0.05, 0) is 28.7 Å². The summed E-state index contributed by atoms with van der Waals surface area (Å²) in [5, 5.41) is 0. The highest BCUT2D eigenvalue weighted by Gasteiger charge is 2.38. The zero-order chi connectivity index (χ0) is 12.5. The smallest absolute Gasteiger partial charge is 0.296 e. The third kappa shape index (κ3) is 2.66. The summed E-state index contributed by atoms with van der Waals surface area (Å²) in [6.45, 7) is 0. The van der Waals surface area contributed by atoms with E-state index in [-0.39, 0.29) is 9.86 Å². The maximum atomic E-state index is 12.3. The first-order valence-electron chi connectivity index (χ1n) is 3.78. The number of aldehydes is 1. The first kappa shape index (κ1) is 13.3. The highest BCUT2D eigenvalue weighted by molar-refractivity contribution is 14.1. The van der Waals surface area contributed by atoms with Crippen molar-refractivity contribution < 1.29 is 26.7 Å². The van der Waals surface area contributed by atoms with Crippen molar-refractivity contribution in [1.29, 1.82) is 0 Å². The van der Waals surface area contributed by atoms with Crippen molar-refractivity contribution in [2.24, 2.45) is 0 Å². The number of halogens is 6. The number of alkyl halides is 5. The lowest BCUT2D eigenvalue weighted by Gasteiger charge is -2.12. The maximum absolute atomic E-state index is 12.3. The van der Waals surface area contributed by atoms with E-state index in [4.69, 9.17) is 0 Å². The maximum Gasteiger partial charge on any atom is 0.433 e. The van der Waals surface area contributed by atoms with Gasteiger partial charge in [-0.25, -0.2) is 13.8 Å². The number of pyridine rings is 1. The summed E-state index contributed by atoms with van der Waals surface area (Å²) in [5.74, 6) is 0. The number of hydrogen-bond acceptors (Lipinski definition) is 2. The van der Waals surface area contributed by atoms with E-state index in [2.05, 4.69) is 4.98 Å². The molecule has 8 heteroatoms. The molecule has 0 aliphatic carbocycles. The molecule has 0 N–H and O–H groups in total. The Morgan fingerprint density at radius 3 is 2.31 bits per heavy atom. The van der Waals surface area contributed by atoms with Gasteiger partial charge in [0, 0.05) is 9.13 Å². The van der Waals surface area contributed by atoms with E-state index in [1.165, 1.54) is 22.6 Å². The van der Waals surface area contributed by atoms with Gasteiger partial charge in [-0.3, -0.25) is 4.79 Å². The Balaban J connectivity index is 3.49. The van der Waals surface area contributed by atoms with Crippen molar-refractivity contribution in [2.45, 2.75) is 12.6 Å². The van der Waals surface area contributed by atoms with Crippen molar-refractivity contribution >= 4 is 28.9 Å². The molecule has 0 spiro atoms. The van der Waals surface area contributed by atoms with Crippen molar-refractivity contribution in [3.05, 3.63) is 26.6 Å². The zero-order valence-corrected chi connectivity index (χ0v) is 9.51. The Morgan fingerprint density at radius 1 is 1.38 bits per heavy atom. The monoisotopic (exact) mass is 351 g/mol. The van der Waals surface area contributed by atoms with Gasteiger partial charge in [0.15, 0.2) is 12.0 Å². The number of carbonyl (C=O) groups is 1. The lowest BCUT2D eigenvalue weighted by Crippen LogP contribution is -2.14. The predicted octanol–water partition coefficient (Wildman–Crippen LogP) is 3.46. The number of hydrogen-bond donors (Lipinski definition) is 0. The number of carbonyl (C=O) groups excluding carboxylic acids is 1. The van der Waals surface area contributed by atoms with E-state index in [9.17, 15) is 26.7 Å². The molecule has 0 aliphatic heterocycles. The molecule has 1 heterocycles. The quantitative estimate of drug-likeness (QED) is 0.464. The largest absolute Gasteiger partial charge is 0.433 e. The first-order valence-corrected chi connectivity index (χ1v) is 4.86. The Labute approximate surface area is 100.0 Å². The summed E-state index contributed by atoms with van der Waals surface area (Å²) in [4.78, 5) is 13.3. The number of nitrogens with zero attached hydrogens (tertiary/aromatic N) is 1. The molecule has 0 amide bonds. The molecule has 1 rings (SSSR count). The molecule has 1 aromatic rings. The highest BCUT2D eigenvalue weighted by atomic mass is 127. The van der Waals surface area contributed by atoms with Crippen LogP contribution in [-0.4, -0.2) is 11.3 Å². The Kier molecular flexibility index (Phi) is 3.81. The van der Waals surface area contributed by atoms with E-state index in [0.29, 0.717) is 6.07 Å². The normalized spacial score (nSPS) is 11.9.